The van der Waals surface area contributed by atoms with Crippen LogP contribution in [0.25, 0.3) is 11.1 Å². The molecule has 0 saturated carbocycles. The van der Waals surface area contributed by atoms with Crippen molar-refractivity contribution in [1.29, 1.82) is 0 Å². The van der Waals surface area contributed by atoms with Gasteiger partial charge in [-0.05, 0) is 91.6 Å². The van der Waals surface area contributed by atoms with Crippen LogP contribution in [0.3, 0.4) is 0 Å². The third-order valence-electron chi connectivity index (χ3n) is 5.54. The van der Waals surface area contributed by atoms with Crippen LogP contribution >= 0.6 is 12.2 Å². The Hall–Kier alpha value is -3.71. The Labute approximate surface area is 210 Å². The first kappa shape index (κ1) is 24.4. The first-order valence-electron chi connectivity index (χ1n) is 11.7. The van der Waals surface area contributed by atoms with Crippen molar-refractivity contribution >= 4 is 40.0 Å². The van der Waals surface area contributed by atoms with Gasteiger partial charge >= 0.3 is 0 Å². The largest absolute Gasteiger partial charge is 0.494 e. The molecule has 35 heavy (non-hydrogen) atoms. The van der Waals surface area contributed by atoms with Crippen molar-refractivity contribution in [2.45, 2.75) is 40.0 Å². The van der Waals surface area contributed by atoms with Gasteiger partial charge in [0, 0.05) is 17.7 Å². The molecule has 1 aromatic heterocycles. The number of aryl methyl sites for hydroxylation is 2. The van der Waals surface area contributed by atoms with E-state index in [2.05, 4.69) is 35.5 Å². The summed E-state index contributed by atoms with van der Waals surface area (Å²) in [4.78, 5) is 17.1. The zero-order chi connectivity index (χ0) is 24.8. The number of anilines is 1. The molecule has 4 rings (SSSR count). The quantitative estimate of drug-likeness (QED) is 0.223. The summed E-state index contributed by atoms with van der Waals surface area (Å²) in [5.41, 5.74) is 6.33. The lowest BCUT2D eigenvalue weighted by Gasteiger charge is -2.11. The Bertz CT molecular complexity index is 1330. The third-order valence-corrected chi connectivity index (χ3v) is 5.75. The van der Waals surface area contributed by atoms with E-state index < -0.39 is 0 Å². The lowest BCUT2D eigenvalue weighted by atomic mass is 10.1. The van der Waals surface area contributed by atoms with E-state index in [1.165, 1.54) is 5.56 Å². The molecule has 1 heterocycles. The maximum absolute atomic E-state index is 12.5. The minimum Gasteiger partial charge on any atom is -0.494 e. The van der Waals surface area contributed by atoms with Crippen LogP contribution in [0.2, 0.25) is 0 Å². The number of thiocarbonyl (C=S) groups is 1. The van der Waals surface area contributed by atoms with Crippen molar-refractivity contribution in [3.05, 3.63) is 88.8 Å². The van der Waals surface area contributed by atoms with Gasteiger partial charge in [-0.15, -0.1) is 0 Å². The summed E-state index contributed by atoms with van der Waals surface area (Å²) < 4.78 is 11.6. The summed E-state index contributed by atoms with van der Waals surface area (Å²) >= 11 is 5.31. The topological polar surface area (TPSA) is 76.4 Å². The molecule has 180 valence electrons. The number of rotatable bonds is 8. The van der Waals surface area contributed by atoms with Crippen LogP contribution in [0.5, 0.6) is 5.75 Å². The molecule has 0 saturated heterocycles. The molecule has 4 aromatic rings. The number of nitrogens with one attached hydrogen (secondary N) is 2. The fourth-order valence-electron chi connectivity index (χ4n) is 3.75. The van der Waals surface area contributed by atoms with Gasteiger partial charge in [-0.3, -0.25) is 10.1 Å². The number of ether oxygens (including phenoxy) is 1. The highest BCUT2D eigenvalue weighted by Gasteiger charge is 2.11. The second-order valence-electron chi connectivity index (χ2n) is 8.55. The number of oxazole rings is 1. The Morgan fingerprint density at radius 3 is 2.51 bits per heavy atom. The Morgan fingerprint density at radius 2 is 1.80 bits per heavy atom. The number of benzene rings is 3. The van der Waals surface area contributed by atoms with E-state index in [9.17, 15) is 4.79 Å². The van der Waals surface area contributed by atoms with Crippen LogP contribution in [0.15, 0.2) is 65.1 Å². The summed E-state index contributed by atoms with van der Waals surface area (Å²) in [5, 5.41) is 5.99. The van der Waals surface area contributed by atoms with E-state index in [4.69, 9.17) is 21.4 Å². The Morgan fingerprint density at radius 1 is 1.06 bits per heavy atom. The van der Waals surface area contributed by atoms with Gasteiger partial charge in [0.05, 0.1) is 6.61 Å². The van der Waals surface area contributed by atoms with Crippen molar-refractivity contribution in [2.24, 2.45) is 0 Å². The SMILES string of the molecule is CCCCOc1ccc(C(=O)NC(=S)Nc2ccc(Cc3nc4cc(C)cc(C)c4o3)cc2)cc1. The van der Waals surface area contributed by atoms with Gasteiger partial charge < -0.3 is 14.5 Å². The summed E-state index contributed by atoms with van der Waals surface area (Å²) in [6.07, 6.45) is 2.66. The number of fused-ring (bicyclic) bond motifs is 1. The van der Waals surface area contributed by atoms with Crippen molar-refractivity contribution in [1.82, 2.24) is 10.3 Å². The average Bonchev–Trinajstić information content (AvgIpc) is 3.23. The molecule has 3 aromatic carbocycles. The number of nitrogens with zero attached hydrogens (tertiary/aromatic N) is 1. The van der Waals surface area contributed by atoms with Crippen molar-refractivity contribution in [2.75, 3.05) is 11.9 Å². The highest BCUT2D eigenvalue weighted by Crippen LogP contribution is 2.23. The highest BCUT2D eigenvalue weighted by molar-refractivity contribution is 7.80. The lowest BCUT2D eigenvalue weighted by Crippen LogP contribution is -2.34. The van der Waals surface area contributed by atoms with E-state index in [-0.39, 0.29) is 11.0 Å². The van der Waals surface area contributed by atoms with Gasteiger partial charge in [-0.2, -0.15) is 0 Å². The van der Waals surface area contributed by atoms with Crippen LogP contribution in [-0.4, -0.2) is 22.6 Å². The number of carbonyl (C=O) groups excluding carboxylic acids is 1. The zero-order valence-corrected chi connectivity index (χ0v) is 21.0. The number of carbonyl (C=O) groups is 1. The Balaban J connectivity index is 1.31. The summed E-state index contributed by atoms with van der Waals surface area (Å²) in [7, 11) is 0. The number of unbranched alkanes of at least 4 members (excludes halogenated alkanes) is 1. The molecule has 0 aliphatic rings. The average molecular weight is 488 g/mol. The van der Waals surface area contributed by atoms with E-state index in [0.29, 0.717) is 24.5 Å². The predicted molar refractivity (Wildman–Crippen MR) is 143 cm³/mol. The van der Waals surface area contributed by atoms with E-state index in [1.54, 1.807) is 24.3 Å². The molecular formula is C28H29N3O3S. The minimum absolute atomic E-state index is 0.232. The predicted octanol–water partition coefficient (Wildman–Crippen LogP) is 6.34. The van der Waals surface area contributed by atoms with Crippen LogP contribution in [0.4, 0.5) is 5.69 Å². The van der Waals surface area contributed by atoms with Gasteiger partial charge in [0.1, 0.15) is 11.3 Å². The fourth-order valence-corrected chi connectivity index (χ4v) is 3.96. The number of aromatic nitrogens is 1. The molecule has 0 aliphatic carbocycles. The summed E-state index contributed by atoms with van der Waals surface area (Å²) in [6.45, 7) is 6.87. The standard InChI is InChI=1S/C28H29N3O3S/c1-4-5-14-33-23-12-8-21(9-13-23)27(32)31-28(35)29-22-10-6-20(7-11-22)17-25-30-24-16-18(2)15-19(3)26(24)34-25/h6-13,15-16H,4-5,14,17H2,1-3H3,(H2,29,31,32,35). The van der Waals surface area contributed by atoms with Crippen molar-refractivity contribution < 1.29 is 13.9 Å². The van der Waals surface area contributed by atoms with Gasteiger partial charge in [-0.1, -0.05) is 31.5 Å². The Kier molecular flexibility index (Phi) is 7.77. The molecule has 0 aliphatic heterocycles. The van der Waals surface area contributed by atoms with Gasteiger partial charge in [0.25, 0.3) is 5.91 Å². The number of amides is 1. The van der Waals surface area contributed by atoms with Crippen LogP contribution in [0, 0.1) is 13.8 Å². The second kappa shape index (κ2) is 11.1. The first-order chi connectivity index (χ1) is 16.9. The molecule has 1 amide bonds. The molecule has 0 spiro atoms. The second-order valence-corrected chi connectivity index (χ2v) is 8.95. The van der Waals surface area contributed by atoms with Gasteiger partial charge in [0.15, 0.2) is 16.6 Å². The summed E-state index contributed by atoms with van der Waals surface area (Å²) in [6, 6.07) is 18.9. The summed E-state index contributed by atoms with van der Waals surface area (Å²) in [5.74, 6) is 1.15. The van der Waals surface area contributed by atoms with Gasteiger partial charge in [-0.25, -0.2) is 4.98 Å². The molecule has 0 fully saturated rings. The van der Waals surface area contributed by atoms with Crippen LogP contribution in [0.1, 0.15) is 52.7 Å². The minimum atomic E-state index is -0.277. The molecule has 7 heteroatoms. The lowest BCUT2D eigenvalue weighted by molar-refractivity contribution is 0.0977. The fraction of sp³-hybridized carbons (Fsp3) is 0.250. The normalized spacial score (nSPS) is 10.8. The van der Waals surface area contributed by atoms with Gasteiger partial charge in [0.2, 0.25) is 0 Å². The van der Waals surface area contributed by atoms with E-state index in [1.807, 2.05) is 37.3 Å². The molecule has 6 nitrogen and oxygen atoms in total. The number of hydrogen-bond donors (Lipinski definition) is 2. The maximum Gasteiger partial charge on any atom is 0.257 e. The zero-order valence-electron chi connectivity index (χ0n) is 20.2. The molecule has 0 unspecified atom stereocenters. The third kappa shape index (κ3) is 6.45. The van der Waals surface area contributed by atoms with Crippen molar-refractivity contribution in [3.63, 3.8) is 0 Å². The molecule has 2 N–H and O–H groups in total. The molecule has 0 radical (unpaired) electrons. The van der Waals surface area contributed by atoms with Crippen molar-refractivity contribution in [3.8, 4) is 5.75 Å². The van der Waals surface area contributed by atoms with E-state index in [0.717, 1.165) is 46.5 Å². The van der Waals surface area contributed by atoms with Crippen LogP contribution < -0.4 is 15.4 Å². The maximum atomic E-state index is 12.5. The molecule has 0 atom stereocenters. The smallest absolute Gasteiger partial charge is 0.257 e. The monoisotopic (exact) mass is 487 g/mol. The van der Waals surface area contributed by atoms with E-state index >= 15 is 0 Å². The first-order valence-corrected chi connectivity index (χ1v) is 12.1. The van der Waals surface area contributed by atoms with Crippen LogP contribution in [-0.2, 0) is 6.42 Å². The highest BCUT2D eigenvalue weighted by atomic mass is 32.1. The molecule has 0 bridgehead atoms. The number of hydrogen-bond acceptors (Lipinski definition) is 5. The molecular weight excluding hydrogens is 458 g/mol.